The smallest absolute Gasteiger partial charge is 0.380 e. The SMILES string of the molecule is CC(C)OC(=O)C(C)(C)C[P@](=O)(OC[C@H]1O[C@@H](n2ccc(=O)[nH]c2=O)[C@](Cl)(Br)[C@@H]1O)Oc1ccccc1. The number of ether oxygens (including phenoxy) is 2. The van der Waals surface area contributed by atoms with E-state index in [2.05, 4.69) is 20.9 Å². The van der Waals surface area contributed by atoms with Gasteiger partial charge in [0.05, 0.1) is 24.3 Å². The number of aliphatic hydroxyl groups excluding tert-OH is 1. The molecule has 37 heavy (non-hydrogen) atoms. The molecular weight excluding hydrogens is 595 g/mol. The van der Waals surface area contributed by atoms with Gasteiger partial charge in [0.15, 0.2) is 10.0 Å². The molecule has 11 nitrogen and oxygen atoms in total. The lowest BCUT2D eigenvalue weighted by Gasteiger charge is -2.29. The minimum absolute atomic E-state index is 0.247. The van der Waals surface area contributed by atoms with E-state index in [-0.39, 0.29) is 18.0 Å². The number of alkyl halides is 2. The van der Waals surface area contributed by atoms with Crippen LogP contribution in [-0.2, 0) is 23.4 Å². The van der Waals surface area contributed by atoms with Crippen molar-refractivity contribution in [2.45, 2.75) is 56.0 Å². The van der Waals surface area contributed by atoms with Crippen LogP contribution in [0, 0.1) is 5.41 Å². The Hall–Kier alpha value is -1.95. The average Bonchev–Trinajstić information content (AvgIpc) is 3.01. The summed E-state index contributed by atoms with van der Waals surface area (Å²) in [5, 5.41) is 10.8. The first-order chi connectivity index (χ1) is 17.1. The molecule has 1 aliphatic heterocycles. The van der Waals surface area contributed by atoms with Crippen LogP contribution in [0.4, 0.5) is 0 Å². The Morgan fingerprint density at radius 3 is 2.54 bits per heavy atom. The summed E-state index contributed by atoms with van der Waals surface area (Å²) in [6.45, 7) is 6.06. The normalized spacial score (nSPS) is 25.6. The summed E-state index contributed by atoms with van der Waals surface area (Å²) in [7, 11) is -4.05. The molecule has 5 atom stereocenters. The second-order valence-corrected chi connectivity index (χ2v) is 13.8. The number of aromatic amines is 1. The number of rotatable bonds is 10. The molecule has 0 amide bonds. The van der Waals surface area contributed by atoms with Gasteiger partial charge in [-0.1, -0.05) is 45.7 Å². The maximum atomic E-state index is 13.9. The number of nitrogens with one attached hydrogen (secondary N) is 1. The van der Waals surface area contributed by atoms with Crippen LogP contribution < -0.4 is 15.8 Å². The highest BCUT2D eigenvalue weighted by Gasteiger charge is 2.56. The number of aliphatic hydroxyl groups is 1. The van der Waals surface area contributed by atoms with Gasteiger partial charge in [0, 0.05) is 12.3 Å². The van der Waals surface area contributed by atoms with Crippen molar-refractivity contribution in [2.75, 3.05) is 12.8 Å². The van der Waals surface area contributed by atoms with Crippen LogP contribution in [0.5, 0.6) is 5.75 Å². The number of nitrogens with zero attached hydrogens (tertiary/aromatic N) is 1. The molecule has 0 unspecified atom stereocenters. The summed E-state index contributed by atoms with van der Waals surface area (Å²) < 4.78 is 35.8. The van der Waals surface area contributed by atoms with Crippen LogP contribution >= 0.6 is 35.1 Å². The Morgan fingerprint density at radius 1 is 1.30 bits per heavy atom. The van der Waals surface area contributed by atoms with Gasteiger partial charge in [-0.3, -0.25) is 23.7 Å². The van der Waals surface area contributed by atoms with Crippen LogP contribution in [0.25, 0.3) is 0 Å². The summed E-state index contributed by atoms with van der Waals surface area (Å²) in [5.41, 5.74) is -2.67. The zero-order valence-electron chi connectivity index (χ0n) is 20.6. The molecule has 2 N–H and O–H groups in total. The van der Waals surface area contributed by atoms with E-state index in [0.29, 0.717) is 0 Å². The summed E-state index contributed by atoms with van der Waals surface area (Å²) in [5.74, 6) is -0.338. The van der Waals surface area contributed by atoms with Gasteiger partial charge in [0.25, 0.3) is 5.56 Å². The van der Waals surface area contributed by atoms with Crippen LogP contribution in [0.15, 0.2) is 52.2 Å². The van der Waals surface area contributed by atoms with Crippen LogP contribution in [-0.4, -0.2) is 55.5 Å². The first kappa shape index (κ1) is 29.6. The minimum atomic E-state index is -4.05. The van der Waals surface area contributed by atoms with Crippen molar-refractivity contribution in [1.29, 1.82) is 0 Å². The number of halogens is 2. The number of carbonyl (C=O) groups excluding carboxylic acids is 1. The zero-order valence-corrected chi connectivity index (χ0v) is 23.9. The maximum absolute atomic E-state index is 13.9. The summed E-state index contributed by atoms with van der Waals surface area (Å²) in [4.78, 5) is 38.4. The van der Waals surface area contributed by atoms with Gasteiger partial charge in [-0.2, -0.15) is 0 Å². The fraction of sp³-hybridized carbons (Fsp3) is 0.522. The molecule has 0 aliphatic carbocycles. The fourth-order valence-electron chi connectivity index (χ4n) is 3.57. The number of benzene rings is 1. The molecule has 0 radical (unpaired) electrons. The van der Waals surface area contributed by atoms with Crippen LogP contribution in [0.2, 0.25) is 0 Å². The Labute approximate surface area is 226 Å². The number of carbonyl (C=O) groups is 1. The lowest BCUT2D eigenvalue weighted by molar-refractivity contribution is -0.156. The molecule has 1 fully saturated rings. The van der Waals surface area contributed by atoms with Crippen LogP contribution in [0.1, 0.15) is 33.9 Å². The van der Waals surface area contributed by atoms with Crippen molar-refractivity contribution < 1.29 is 33.0 Å². The van der Waals surface area contributed by atoms with E-state index in [4.69, 9.17) is 30.1 Å². The number of esters is 1. The second kappa shape index (κ2) is 11.4. The van der Waals surface area contributed by atoms with E-state index in [1.165, 1.54) is 6.20 Å². The number of para-hydroxylation sites is 1. The highest BCUT2D eigenvalue weighted by Crippen LogP contribution is 2.54. The average molecular weight is 624 g/mol. The molecule has 14 heteroatoms. The summed E-state index contributed by atoms with van der Waals surface area (Å²) >= 11 is 9.66. The van der Waals surface area contributed by atoms with Crippen molar-refractivity contribution >= 4 is 41.1 Å². The third-order valence-electron chi connectivity index (χ3n) is 5.39. The van der Waals surface area contributed by atoms with Gasteiger partial charge >= 0.3 is 19.3 Å². The van der Waals surface area contributed by atoms with E-state index >= 15 is 0 Å². The second-order valence-electron chi connectivity index (χ2n) is 9.47. The molecule has 0 bridgehead atoms. The molecule has 1 aromatic carbocycles. The predicted octanol–water partition coefficient (Wildman–Crippen LogP) is 3.39. The van der Waals surface area contributed by atoms with E-state index in [1.54, 1.807) is 58.0 Å². The first-order valence-electron chi connectivity index (χ1n) is 11.4. The summed E-state index contributed by atoms with van der Waals surface area (Å²) in [6, 6.07) is 9.37. The first-order valence-corrected chi connectivity index (χ1v) is 14.3. The van der Waals surface area contributed by atoms with Gasteiger partial charge in [-0.25, -0.2) is 9.36 Å². The van der Waals surface area contributed by atoms with Crippen molar-refractivity contribution in [3.63, 3.8) is 0 Å². The van der Waals surface area contributed by atoms with Gasteiger partial charge in [0.1, 0.15) is 18.0 Å². The van der Waals surface area contributed by atoms with Crippen molar-refractivity contribution in [2.24, 2.45) is 5.41 Å². The molecule has 0 saturated carbocycles. The van der Waals surface area contributed by atoms with E-state index in [9.17, 15) is 24.1 Å². The standard InChI is InChI=1S/C23H29BrClN2O9P/c1-14(2)34-20(30)22(3,4)13-37(32,36-15-8-6-5-7-9-15)33-12-16-18(29)23(24,25)19(35-16)27-11-10-17(28)26-21(27)31/h5-11,14,16,18-19,29H,12-13H2,1-4H3,(H,26,28,31)/t16-,18-,19-,23+,37+/m1/s1. The Balaban J connectivity index is 1.84. The molecule has 204 valence electrons. The monoisotopic (exact) mass is 622 g/mol. The predicted molar refractivity (Wildman–Crippen MR) is 139 cm³/mol. The van der Waals surface area contributed by atoms with E-state index in [1.807, 2.05) is 0 Å². The Bertz CT molecular complexity index is 1260. The van der Waals surface area contributed by atoms with Crippen molar-refractivity contribution in [1.82, 2.24) is 9.55 Å². The molecule has 1 aliphatic rings. The zero-order chi connectivity index (χ0) is 27.6. The lowest BCUT2D eigenvalue weighted by atomic mass is 9.97. The molecule has 2 heterocycles. The molecule has 3 rings (SSSR count). The number of hydrogen-bond acceptors (Lipinski definition) is 9. The molecule has 1 saturated heterocycles. The van der Waals surface area contributed by atoms with E-state index < -0.39 is 59.1 Å². The van der Waals surface area contributed by atoms with Gasteiger partial charge in [-0.05, 0) is 39.8 Å². The summed E-state index contributed by atoms with van der Waals surface area (Å²) in [6.07, 6.45) is -3.41. The third kappa shape index (κ3) is 7.13. The third-order valence-corrected chi connectivity index (χ3v) is 8.87. The lowest BCUT2D eigenvalue weighted by Crippen LogP contribution is -2.41. The molecular formula is C23H29BrClN2O9P. The molecule has 0 spiro atoms. The van der Waals surface area contributed by atoms with Gasteiger partial charge in [-0.15, -0.1) is 0 Å². The van der Waals surface area contributed by atoms with E-state index in [0.717, 1.165) is 10.6 Å². The highest BCUT2D eigenvalue weighted by atomic mass is 79.9. The Morgan fingerprint density at radius 2 is 1.95 bits per heavy atom. The highest BCUT2D eigenvalue weighted by molar-refractivity contribution is 9.10. The minimum Gasteiger partial charge on any atom is -0.463 e. The maximum Gasteiger partial charge on any atom is 0.380 e. The topological polar surface area (TPSA) is 146 Å². The van der Waals surface area contributed by atoms with Crippen molar-refractivity contribution in [3.8, 4) is 5.75 Å². The molecule has 2 aromatic rings. The largest absolute Gasteiger partial charge is 0.463 e. The number of aromatic nitrogens is 2. The quantitative estimate of drug-likeness (QED) is 0.231. The van der Waals surface area contributed by atoms with Crippen LogP contribution in [0.3, 0.4) is 0 Å². The Kier molecular flexibility index (Phi) is 9.14. The van der Waals surface area contributed by atoms with Gasteiger partial charge < -0.3 is 19.1 Å². The fourth-order valence-corrected chi connectivity index (χ4v) is 6.62. The number of H-pyrrole nitrogens is 1. The number of hydrogen-bond donors (Lipinski definition) is 2. The molecule has 1 aromatic heterocycles. The van der Waals surface area contributed by atoms with Crippen molar-refractivity contribution in [3.05, 3.63) is 63.4 Å². The van der Waals surface area contributed by atoms with Gasteiger partial charge in [0.2, 0.25) is 0 Å².